The minimum Gasteiger partial charge on any atom is -0.491 e. The molecule has 17 heavy (non-hydrogen) atoms. The molecule has 2 atom stereocenters. The molecule has 0 saturated heterocycles. The van der Waals surface area contributed by atoms with Crippen molar-refractivity contribution >= 4 is 0 Å². The Morgan fingerprint density at radius 1 is 1.00 bits per heavy atom. The molecule has 0 bridgehead atoms. The lowest BCUT2D eigenvalue weighted by Gasteiger charge is -2.17. The Balaban J connectivity index is 2.27. The van der Waals surface area contributed by atoms with E-state index in [0.717, 1.165) is 0 Å². The van der Waals surface area contributed by atoms with Gasteiger partial charge in [0.15, 0.2) is 0 Å². The summed E-state index contributed by atoms with van der Waals surface area (Å²) in [6.07, 6.45) is -1.45. The van der Waals surface area contributed by atoms with Gasteiger partial charge in [-0.2, -0.15) is 0 Å². The Bertz CT molecular complexity index is 290. The van der Waals surface area contributed by atoms with E-state index in [9.17, 15) is 0 Å². The van der Waals surface area contributed by atoms with Crippen LogP contribution < -0.4 is 4.74 Å². The quantitative estimate of drug-likeness (QED) is 0.588. The first-order valence-corrected chi connectivity index (χ1v) is 5.45. The lowest BCUT2D eigenvalue weighted by atomic mass is 10.3. The predicted molar refractivity (Wildman–Crippen MR) is 61.9 cm³/mol. The summed E-state index contributed by atoms with van der Waals surface area (Å²) in [7, 11) is 0. The molecule has 0 aliphatic carbocycles. The Morgan fingerprint density at radius 2 is 1.71 bits per heavy atom. The number of para-hydroxylation sites is 1. The van der Waals surface area contributed by atoms with Gasteiger partial charge in [-0.05, 0) is 12.1 Å². The number of aliphatic hydroxyl groups is 3. The lowest BCUT2D eigenvalue weighted by Crippen LogP contribution is -2.30. The first-order chi connectivity index (χ1) is 8.26. The van der Waals surface area contributed by atoms with Crippen LogP contribution in [0.1, 0.15) is 0 Å². The highest BCUT2D eigenvalue weighted by Crippen LogP contribution is 2.09. The molecule has 0 radical (unpaired) electrons. The van der Waals surface area contributed by atoms with Gasteiger partial charge in [0.05, 0.1) is 19.8 Å². The minimum absolute atomic E-state index is 0.0279. The zero-order chi connectivity index (χ0) is 12.5. The van der Waals surface area contributed by atoms with E-state index in [2.05, 4.69) is 0 Å². The molecular weight excluding hydrogens is 224 g/mol. The van der Waals surface area contributed by atoms with Crippen molar-refractivity contribution in [3.05, 3.63) is 30.3 Å². The van der Waals surface area contributed by atoms with Crippen LogP contribution >= 0.6 is 0 Å². The monoisotopic (exact) mass is 242 g/mol. The van der Waals surface area contributed by atoms with Gasteiger partial charge in [-0.25, -0.2) is 0 Å². The van der Waals surface area contributed by atoms with Crippen molar-refractivity contribution in [1.82, 2.24) is 0 Å². The fourth-order valence-electron chi connectivity index (χ4n) is 1.16. The molecule has 0 aliphatic rings. The summed E-state index contributed by atoms with van der Waals surface area (Å²) in [5.41, 5.74) is 0. The summed E-state index contributed by atoms with van der Waals surface area (Å²) in [5, 5.41) is 26.7. The number of benzene rings is 1. The molecule has 2 unspecified atom stereocenters. The van der Waals surface area contributed by atoms with E-state index >= 15 is 0 Å². The third kappa shape index (κ3) is 5.65. The summed E-state index contributed by atoms with van der Waals surface area (Å²) in [6.45, 7) is -0.402. The maximum Gasteiger partial charge on any atom is 0.119 e. The standard InChI is InChI=1S/C12H18O5/c13-6-10(15)8-16-12(7-14)9-17-11-4-2-1-3-5-11/h1-5,10,12-15H,6-9H2. The average Bonchev–Trinajstić information content (AvgIpc) is 2.39. The average molecular weight is 242 g/mol. The molecular formula is C12H18O5. The number of aliphatic hydroxyl groups excluding tert-OH is 3. The van der Waals surface area contributed by atoms with Gasteiger partial charge in [0.2, 0.25) is 0 Å². The highest BCUT2D eigenvalue weighted by molar-refractivity contribution is 5.20. The summed E-state index contributed by atoms with van der Waals surface area (Å²) in [6, 6.07) is 9.18. The summed E-state index contributed by atoms with van der Waals surface area (Å²) in [4.78, 5) is 0. The van der Waals surface area contributed by atoms with E-state index in [1.807, 2.05) is 18.2 Å². The van der Waals surface area contributed by atoms with Gasteiger partial charge in [0, 0.05) is 0 Å². The van der Waals surface area contributed by atoms with Gasteiger partial charge in [-0.15, -0.1) is 0 Å². The molecule has 5 nitrogen and oxygen atoms in total. The van der Waals surface area contributed by atoms with Gasteiger partial charge in [0.25, 0.3) is 0 Å². The highest BCUT2D eigenvalue weighted by atomic mass is 16.5. The molecule has 0 saturated carbocycles. The van der Waals surface area contributed by atoms with Crippen molar-refractivity contribution in [2.24, 2.45) is 0 Å². The Morgan fingerprint density at radius 3 is 2.29 bits per heavy atom. The van der Waals surface area contributed by atoms with Crippen LogP contribution in [0.3, 0.4) is 0 Å². The van der Waals surface area contributed by atoms with E-state index in [4.69, 9.17) is 24.8 Å². The van der Waals surface area contributed by atoms with Crippen LogP contribution in [0.25, 0.3) is 0 Å². The second-order valence-corrected chi connectivity index (χ2v) is 3.60. The molecule has 0 spiro atoms. The van der Waals surface area contributed by atoms with E-state index in [-0.39, 0.29) is 26.4 Å². The summed E-state index contributed by atoms with van der Waals surface area (Å²) < 4.78 is 10.6. The van der Waals surface area contributed by atoms with Gasteiger partial charge in [-0.3, -0.25) is 0 Å². The normalized spacial score (nSPS) is 14.3. The maximum absolute atomic E-state index is 9.09. The third-order valence-corrected chi connectivity index (χ3v) is 2.12. The summed E-state index contributed by atoms with van der Waals surface area (Å²) in [5.74, 6) is 0.692. The van der Waals surface area contributed by atoms with Crippen LogP contribution in [0.4, 0.5) is 0 Å². The summed E-state index contributed by atoms with van der Waals surface area (Å²) >= 11 is 0. The molecule has 0 aromatic heterocycles. The first-order valence-electron chi connectivity index (χ1n) is 5.45. The van der Waals surface area contributed by atoms with E-state index in [1.54, 1.807) is 12.1 Å². The molecule has 3 N–H and O–H groups in total. The maximum atomic E-state index is 9.09. The smallest absolute Gasteiger partial charge is 0.119 e. The van der Waals surface area contributed by atoms with Crippen LogP contribution in [-0.4, -0.2) is 54.0 Å². The van der Waals surface area contributed by atoms with Crippen LogP contribution in [0.2, 0.25) is 0 Å². The van der Waals surface area contributed by atoms with Crippen molar-refractivity contribution in [3.63, 3.8) is 0 Å². The molecule has 1 aromatic carbocycles. The van der Waals surface area contributed by atoms with Crippen molar-refractivity contribution in [1.29, 1.82) is 0 Å². The first kappa shape index (κ1) is 13.9. The van der Waals surface area contributed by atoms with Gasteiger partial charge in [-0.1, -0.05) is 18.2 Å². The number of rotatable bonds is 8. The number of ether oxygens (including phenoxy) is 2. The largest absolute Gasteiger partial charge is 0.491 e. The molecule has 96 valence electrons. The molecule has 0 heterocycles. The van der Waals surface area contributed by atoms with Crippen molar-refractivity contribution in [2.45, 2.75) is 12.2 Å². The van der Waals surface area contributed by atoms with Crippen LogP contribution in [0.15, 0.2) is 30.3 Å². The van der Waals surface area contributed by atoms with Gasteiger partial charge >= 0.3 is 0 Å². The third-order valence-electron chi connectivity index (χ3n) is 2.12. The van der Waals surface area contributed by atoms with Crippen molar-refractivity contribution < 1.29 is 24.8 Å². The van der Waals surface area contributed by atoms with Crippen LogP contribution in [0.5, 0.6) is 5.75 Å². The zero-order valence-corrected chi connectivity index (χ0v) is 9.53. The number of hydrogen-bond donors (Lipinski definition) is 3. The second-order valence-electron chi connectivity index (χ2n) is 3.60. The van der Waals surface area contributed by atoms with Gasteiger partial charge in [0.1, 0.15) is 24.6 Å². The molecule has 0 fully saturated rings. The zero-order valence-electron chi connectivity index (χ0n) is 9.53. The fraction of sp³-hybridized carbons (Fsp3) is 0.500. The Hall–Kier alpha value is -1.14. The number of hydrogen-bond acceptors (Lipinski definition) is 5. The molecule has 1 rings (SSSR count). The van der Waals surface area contributed by atoms with Gasteiger partial charge < -0.3 is 24.8 Å². The predicted octanol–water partition coefficient (Wildman–Crippen LogP) is -0.204. The lowest BCUT2D eigenvalue weighted by molar-refractivity contribution is -0.0599. The second kappa shape index (κ2) is 8.03. The molecule has 0 amide bonds. The van der Waals surface area contributed by atoms with E-state index in [0.29, 0.717) is 5.75 Å². The Kier molecular flexibility index (Phi) is 6.57. The van der Waals surface area contributed by atoms with E-state index < -0.39 is 12.2 Å². The molecule has 0 aliphatic heterocycles. The van der Waals surface area contributed by atoms with Crippen LogP contribution in [-0.2, 0) is 4.74 Å². The van der Waals surface area contributed by atoms with Crippen molar-refractivity contribution in [2.75, 3.05) is 26.4 Å². The Labute approximate surface area is 100 Å². The van der Waals surface area contributed by atoms with Crippen LogP contribution in [0, 0.1) is 0 Å². The van der Waals surface area contributed by atoms with Crippen molar-refractivity contribution in [3.8, 4) is 5.75 Å². The SMILES string of the molecule is OCC(O)COC(CO)COc1ccccc1. The molecule has 5 heteroatoms. The molecule has 1 aromatic rings. The minimum atomic E-state index is -0.930. The topological polar surface area (TPSA) is 79.2 Å². The fourth-order valence-corrected chi connectivity index (χ4v) is 1.16. The highest BCUT2D eigenvalue weighted by Gasteiger charge is 2.11. The van der Waals surface area contributed by atoms with E-state index in [1.165, 1.54) is 0 Å².